The fourth-order valence-electron chi connectivity index (χ4n) is 3.61. The molecule has 6 heteroatoms. The van der Waals surface area contributed by atoms with Crippen molar-refractivity contribution in [3.05, 3.63) is 48.0 Å². The molecule has 3 heterocycles. The summed E-state index contributed by atoms with van der Waals surface area (Å²) < 4.78 is 0. The van der Waals surface area contributed by atoms with E-state index in [1.807, 2.05) is 12.1 Å². The quantitative estimate of drug-likeness (QED) is 0.765. The molecule has 1 aliphatic rings. The minimum absolute atomic E-state index is 0.180. The van der Waals surface area contributed by atoms with Gasteiger partial charge >= 0.3 is 0 Å². The lowest BCUT2D eigenvalue weighted by atomic mass is 9.95. The third kappa shape index (κ3) is 3.20. The van der Waals surface area contributed by atoms with Gasteiger partial charge < -0.3 is 16.4 Å². The van der Waals surface area contributed by atoms with Crippen molar-refractivity contribution in [1.29, 1.82) is 0 Å². The van der Waals surface area contributed by atoms with Crippen LogP contribution in [0.3, 0.4) is 0 Å². The maximum absolute atomic E-state index is 6.00. The van der Waals surface area contributed by atoms with Crippen LogP contribution in [0.1, 0.15) is 24.8 Å². The Balaban J connectivity index is 1.67. The van der Waals surface area contributed by atoms with Gasteiger partial charge in [0.05, 0.1) is 5.52 Å². The molecule has 128 valence electrons. The van der Waals surface area contributed by atoms with Gasteiger partial charge in [-0.05, 0) is 43.4 Å². The average molecular weight is 334 g/mol. The fraction of sp³-hybridized carbons (Fsp3) is 0.316. The minimum atomic E-state index is 0.180. The summed E-state index contributed by atoms with van der Waals surface area (Å²) in [4.78, 5) is 15.4. The number of benzene rings is 1. The molecule has 1 saturated heterocycles. The topological polar surface area (TPSA) is 93.9 Å². The van der Waals surface area contributed by atoms with Gasteiger partial charge in [0.25, 0.3) is 0 Å². The summed E-state index contributed by atoms with van der Waals surface area (Å²) >= 11 is 0. The summed E-state index contributed by atoms with van der Waals surface area (Å²) in [6, 6.07) is 15.0. The molecule has 2 aromatic heterocycles. The van der Waals surface area contributed by atoms with Crippen molar-refractivity contribution >= 4 is 28.6 Å². The molecule has 1 fully saturated rings. The zero-order valence-corrected chi connectivity index (χ0v) is 14.1. The first-order valence-electron chi connectivity index (χ1n) is 8.71. The summed E-state index contributed by atoms with van der Waals surface area (Å²) in [7, 11) is 0. The Kier molecular flexibility index (Phi) is 4.09. The van der Waals surface area contributed by atoms with Crippen LogP contribution >= 0.6 is 0 Å². The van der Waals surface area contributed by atoms with Gasteiger partial charge in [-0.3, -0.25) is 0 Å². The molecule has 4 rings (SSSR count). The largest absolute Gasteiger partial charge is 0.382 e. The summed E-state index contributed by atoms with van der Waals surface area (Å²) in [5.41, 5.74) is 14.3. The number of nitrogen functional groups attached to an aromatic ring is 2. The number of anilines is 3. The van der Waals surface area contributed by atoms with Gasteiger partial charge in [0, 0.05) is 12.6 Å². The number of pyridine rings is 1. The Morgan fingerprint density at radius 3 is 2.64 bits per heavy atom. The molecular weight excluding hydrogens is 312 g/mol. The second-order valence-electron chi connectivity index (χ2n) is 6.54. The standard InChI is InChI=1S/C19H22N6/c20-18-17-15(22-19(21)24-18)9-10-16(23-17)25-11-5-4-8-14(25)12-13-6-2-1-3-7-13/h1-3,6-7,9-10,14H,4-5,8,11-12H2,(H4,20,21,22,24). The van der Waals surface area contributed by atoms with Crippen LogP contribution in [0.4, 0.5) is 17.6 Å². The van der Waals surface area contributed by atoms with Crippen molar-refractivity contribution in [3.63, 3.8) is 0 Å². The average Bonchev–Trinajstić information content (AvgIpc) is 2.63. The number of fused-ring (bicyclic) bond motifs is 1. The molecule has 0 aliphatic carbocycles. The van der Waals surface area contributed by atoms with E-state index in [1.165, 1.54) is 24.8 Å². The van der Waals surface area contributed by atoms with Crippen molar-refractivity contribution in [2.75, 3.05) is 22.9 Å². The third-order valence-corrected chi connectivity index (χ3v) is 4.81. The van der Waals surface area contributed by atoms with Crippen LogP contribution in [-0.4, -0.2) is 27.5 Å². The van der Waals surface area contributed by atoms with E-state index >= 15 is 0 Å². The highest BCUT2D eigenvalue weighted by Crippen LogP contribution is 2.28. The molecule has 1 atom stereocenters. The molecule has 25 heavy (non-hydrogen) atoms. The van der Waals surface area contributed by atoms with Crippen molar-refractivity contribution in [1.82, 2.24) is 15.0 Å². The highest BCUT2D eigenvalue weighted by atomic mass is 15.2. The number of piperidine rings is 1. The first-order valence-corrected chi connectivity index (χ1v) is 8.71. The van der Waals surface area contributed by atoms with Crippen LogP contribution in [0.5, 0.6) is 0 Å². The van der Waals surface area contributed by atoms with Gasteiger partial charge in [-0.2, -0.15) is 4.98 Å². The fourth-order valence-corrected chi connectivity index (χ4v) is 3.61. The van der Waals surface area contributed by atoms with Crippen molar-refractivity contribution in [2.24, 2.45) is 0 Å². The predicted octanol–water partition coefficient (Wildman–Crippen LogP) is 2.79. The number of rotatable bonds is 3. The monoisotopic (exact) mass is 334 g/mol. The van der Waals surface area contributed by atoms with E-state index in [4.69, 9.17) is 16.5 Å². The Labute approximate surface area is 146 Å². The van der Waals surface area contributed by atoms with Gasteiger partial charge in [-0.1, -0.05) is 30.3 Å². The summed E-state index contributed by atoms with van der Waals surface area (Å²) in [5, 5.41) is 0. The number of nitrogens with zero attached hydrogens (tertiary/aromatic N) is 4. The van der Waals surface area contributed by atoms with E-state index in [0.29, 0.717) is 22.9 Å². The van der Waals surface area contributed by atoms with Gasteiger partial charge in [0.1, 0.15) is 11.3 Å². The second kappa shape index (κ2) is 6.55. The maximum atomic E-state index is 6.00. The zero-order valence-electron chi connectivity index (χ0n) is 14.1. The number of nitrogens with two attached hydrogens (primary N) is 2. The number of hydrogen-bond donors (Lipinski definition) is 2. The molecule has 3 aromatic rings. The number of hydrogen-bond acceptors (Lipinski definition) is 6. The highest BCUT2D eigenvalue weighted by Gasteiger charge is 2.24. The van der Waals surface area contributed by atoms with Crippen LogP contribution in [0.15, 0.2) is 42.5 Å². The first-order chi connectivity index (χ1) is 12.2. The molecule has 0 spiro atoms. The summed E-state index contributed by atoms with van der Waals surface area (Å²) in [6.07, 6.45) is 4.62. The van der Waals surface area contributed by atoms with Crippen molar-refractivity contribution < 1.29 is 0 Å². The SMILES string of the molecule is Nc1nc(N)c2nc(N3CCCCC3Cc3ccccc3)ccc2n1. The lowest BCUT2D eigenvalue weighted by Crippen LogP contribution is -2.41. The molecule has 4 N–H and O–H groups in total. The lowest BCUT2D eigenvalue weighted by Gasteiger charge is -2.37. The molecule has 6 nitrogen and oxygen atoms in total. The minimum Gasteiger partial charge on any atom is -0.382 e. The molecule has 0 saturated carbocycles. The van der Waals surface area contributed by atoms with E-state index < -0.39 is 0 Å². The summed E-state index contributed by atoms with van der Waals surface area (Å²) in [6.45, 7) is 1.01. The Morgan fingerprint density at radius 2 is 1.80 bits per heavy atom. The molecular formula is C19H22N6. The van der Waals surface area contributed by atoms with Crippen LogP contribution in [0.25, 0.3) is 11.0 Å². The normalized spacial score (nSPS) is 17.8. The van der Waals surface area contributed by atoms with E-state index in [-0.39, 0.29) is 5.95 Å². The van der Waals surface area contributed by atoms with Crippen LogP contribution in [0, 0.1) is 0 Å². The van der Waals surface area contributed by atoms with Gasteiger partial charge in [-0.25, -0.2) is 9.97 Å². The molecule has 0 amide bonds. The number of aromatic nitrogens is 3. The van der Waals surface area contributed by atoms with Crippen LogP contribution in [-0.2, 0) is 6.42 Å². The predicted molar refractivity (Wildman–Crippen MR) is 101 cm³/mol. The highest BCUT2D eigenvalue weighted by molar-refractivity contribution is 5.86. The maximum Gasteiger partial charge on any atom is 0.222 e. The molecule has 0 radical (unpaired) electrons. The molecule has 1 unspecified atom stereocenters. The van der Waals surface area contributed by atoms with E-state index in [0.717, 1.165) is 18.8 Å². The van der Waals surface area contributed by atoms with E-state index in [2.05, 4.69) is 45.2 Å². The van der Waals surface area contributed by atoms with E-state index in [1.54, 1.807) is 0 Å². The summed E-state index contributed by atoms with van der Waals surface area (Å²) in [5.74, 6) is 1.45. The van der Waals surface area contributed by atoms with Gasteiger partial charge in [0.15, 0.2) is 5.82 Å². The lowest BCUT2D eigenvalue weighted by molar-refractivity contribution is 0.454. The third-order valence-electron chi connectivity index (χ3n) is 4.81. The Bertz CT molecular complexity index is 880. The Morgan fingerprint density at radius 1 is 0.960 bits per heavy atom. The van der Waals surface area contributed by atoms with Crippen molar-refractivity contribution in [2.45, 2.75) is 31.7 Å². The molecule has 1 aliphatic heterocycles. The van der Waals surface area contributed by atoms with Crippen LogP contribution < -0.4 is 16.4 Å². The van der Waals surface area contributed by atoms with Gasteiger partial charge in [0.2, 0.25) is 5.95 Å². The molecule has 0 bridgehead atoms. The van der Waals surface area contributed by atoms with Crippen LogP contribution in [0.2, 0.25) is 0 Å². The molecule has 1 aromatic carbocycles. The Hall–Kier alpha value is -2.89. The zero-order chi connectivity index (χ0) is 17.2. The smallest absolute Gasteiger partial charge is 0.222 e. The van der Waals surface area contributed by atoms with E-state index in [9.17, 15) is 0 Å². The van der Waals surface area contributed by atoms with Crippen molar-refractivity contribution in [3.8, 4) is 0 Å². The van der Waals surface area contributed by atoms with Gasteiger partial charge in [-0.15, -0.1) is 0 Å². The first kappa shape index (κ1) is 15.6. The second-order valence-corrected chi connectivity index (χ2v) is 6.54.